The van der Waals surface area contributed by atoms with Crippen LogP contribution in [0, 0.1) is 0 Å². The molecule has 0 spiro atoms. The van der Waals surface area contributed by atoms with Crippen molar-refractivity contribution in [3.05, 3.63) is 33.8 Å². The molecule has 0 aliphatic heterocycles. The fourth-order valence-corrected chi connectivity index (χ4v) is 1.62. The topological polar surface area (TPSA) is 38.0 Å². The van der Waals surface area contributed by atoms with Gasteiger partial charge in [-0.2, -0.15) is 0 Å². The van der Waals surface area contributed by atoms with Crippen molar-refractivity contribution in [3.8, 4) is 0 Å². The van der Waals surface area contributed by atoms with E-state index in [0.717, 1.165) is 18.7 Å². The van der Waals surface area contributed by atoms with Gasteiger partial charge in [-0.25, -0.2) is 0 Å². The van der Waals surface area contributed by atoms with Crippen LogP contribution in [0.4, 0.5) is 0 Å². The maximum atomic E-state index is 5.83. The molecule has 0 fully saturated rings. The van der Waals surface area contributed by atoms with Crippen molar-refractivity contribution < 1.29 is 0 Å². The van der Waals surface area contributed by atoms with Crippen LogP contribution in [0.2, 0.25) is 10.0 Å². The summed E-state index contributed by atoms with van der Waals surface area (Å²) in [6.45, 7) is 2.18. The normalized spacial score (nSPS) is 10.4. The molecule has 2 nitrogen and oxygen atoms in total. The van der Waals surface area contributed by atoms with E-state index in [1.54, 1.807) is 6.07 Å². The smallest absolute Gasteiger partial charge is 0.0424 e. The maximum Gasteiger partial charge on any atom is 0.0424 e. The van der Waals surface area contributed by atoms with Crippen LogP contribution in [-0.4, -0.2) is 13.1 Å². The maximum absolute atomic E-state index is 5.83. The predicted octanol–water partition coefficient (Wildman–Crippen LogP) is 2.04. The van der Waals surface area contributed by atoms with Gasteiger partial charge in [0.05, 0.1) is 0 Å². The van der Waals surface area contributed by atoms with Crippen LogP contribution in [-0.2, 0) is 6.54 Å². The second-order valence-electron chi connectivity index (χ2n) is 2.74. The Labute approximate surface area is 88.0 Å². The third kappa shape index (κ3) is 3.96. The summed E-state index contributed by atoms with van der Waals surface area (Å²) in [5.41, 5.74) is 6.41. The number of nitrogens with two attached hydrogens (primary N) is 1. The minimum atomic E-state index is 0.633. The SMILES string of the molecule is NCCNCc1cc(Cl)cc(Cl)c1. The number of hydrogen-bond donors (Lipinski definition) is 2. The van der Waals surface area contributed by atoms with Crippen LogP contribution in [0.25, 0.3) is 0 Å². The number of halogens is 2. The van der Waals surface area contributed by atoms with Gasteiger partial charge in [0.1, 0.15) is 0 Å². The van der Waals surface area contributed by atoms with Gasteiger partial charge in [-0.05, 0) is 23.8 Å². The van der Waals surface area contributed by atoms with Crippen LogP contribution in [0.3, 0.4) is 0 Å². The van der Waals surface area contributed by atoms with E-state index in [9.17, 15) is 0 Å². The molecule has 0 aromatic heterocycles. The van der Waals surface area contributed by atoms with Gasteiger partial charge < -0.3 is 11.1 Å². The Balaban J connectivity index is 2.56. The summed E-state index contributed by atoms with van der Waals surface area (Å²) >= 11 is 11.7. The van der Waals surface area contributed by atoms with Gasteiger partial charge in [0.15, 0.2) is 0 Å². The van der Waals surface area contributed by atoms with Crippen molar-refractivity contribution in [1.29, 1.82) is 0 Å². The summed E-state index contributed by atoms with van der Waals surface area (Å²) in [4.78, 5) is 0. The highest BCUT2D eigenvalue weighted by atomic mass is 35.5. The Bertz CT molecular complexity index is 256. The van der Waals surface area contributed by atoms with Crippen LogP contribution >= 0.6 is 23.2 Å². The van der Waals surface area contributed by atoms with Crippen molar-refractivity contribution in [2.45, 2.75) is 6.54 Å². The zero-order valence-electron chi connectivity index (χ0n) is 7.19. The average Bonchev–Trinajstić information content (AvgIpc) is 2.03. The molecule has 0 saturated heterocycles. The molecule has 1 rings (SSSR count). The molecule has 0 aliphatic carbocycles. The minimum Gasteiger partial charge on any atom is -0.329 e. The van der Waals surface area contributed by atoms with Gasteiger partial charge in [-0.1, -0.05) is 23.2 Å². The van der Waals surface area contributed by atoms with Gasteiger partial charge in [0.25, 0.3) is 0 Å². The van der Waals surface area contributed by atoms with Crippen molar-refractivity contribution >= 4 is 23.2 Å². The molecule has 0 aliphatic rings. The van der Waals surface area contributed by atoms with E-state index < -0.39 is 0 Å². The highest BCUT2D eigenvalue weighted by molar-refractivity contribution is 6.34. The molecule has 0 saturated carbocycles. The first-order valence-corrected chi connectivity index (χ1v) is 4.83. The lowest BCUT2D eigenvalue weighted by Gasteiger charge is -2.04. The molecule has 0 radical (unpaired) electrons. The highest BCUT2D eigenvalue weighted by Crippen LogP contribution is 2.18. The Kier molecular flexibility index (Phi) is 4.53. The molecule has 13 heavy (non-hydrogen) atoms. The minimum absolute atomic E-state index is 0.633. The lowest BCUT2D eigenvalue weighted by Crippen LogP contribution is -2.21. The summed E-state index contributed by atoms with van der Waals surface area (Å²) in [7, 11) is 0. The highest BCUT2D eigenvalue weighted by Gasteiger charge is 1.97. The van der Waals surface area contributed by atoms with Gasteiger partial charge >= 0.3 is 0 Å². The Morgan fingerprint density at radius 1 is 1.15 bits per heavy atom. The fraction of sp³-hybridized carbons (Fsp3) is 0.333. The number of rotatable bonds is 4. The third-order valence-electron chi connectivity index (χ3n) is 1.57. The van der Waals surface area contributed by atoms with Crippen LogP contribution in [0.5, 0.6) is 0 Å². The molecule has 1 aromatic carbocycles. The van der Waals surface area contributed by atoms with E-state index in [1.165, 1.54) is 0 Å². The molecule has 0 amide bonds. The van der Waals surface area contributed by atoms with Crippen LogP contribution in [0.15, 0.2) is 18.2 Å². The second kappa shape index (κ2) is 5.45. The summed E-state index contributed by atoms with van der Waals surface area (Å²) in [5, 5.41) is 4.49. The van der Waals surface area contributed by atoms with E-state index >= 15 is 0 Å². The Morgan fingerprint density at radius 3 is 2.31 bits per heavy atom. The number of nitrogens with one attached hydrogen (secondary N) is 1. The first kappa shape index (κ1) is 10.8. The molecule has 0 heterocycles. The summed E-state index contributed by atoms with van der Waals surface area (Å²) < 4.78 is 0. The van der Waals surface area contributed by atoms with Gasteiger partial charge in [-0.3, -0.25) is 0 Å². The molecule has 4 heteroatoms. The van der Waals surface area contributed by atoms with E-state index in [-0.39, 0.29) is 0 Å². The van der Waals surface area contributed by atoms with Gasteiger partial charge in [0, 0.05) is 29.7 Å². The summed E-state index contributed by atoms with van der Waals surface area (Å²) in [5.74, 6) is 0. The number of hydrogen-bond acceptors (Lipinski definition) is 2. The number of benzene rings is 1. The zero-order valence-corrected chi connectivity index (χ0v) is 8.70. The van der Waals surface area contributed by atoms with Crippen molar-refractivity contribution in [2.75, 3.05) is 13.1 Å². The van der Waals surface area contributed by atoms with E-state index in [0.29, 0.717) is 16.6 Å². The molecular formula is C9H12Cl2N2. The summed E-state index contributed by atoms with van der Waals surface area (Å²) in [6.07, 6.45) is 0. The monoisotopic (exact) mass is 218 g/mol. The lowest BCUT2D eigenvalue weighted by molar-refractivity contribution is 0.695. The first-order chi connectivity index (χ1) is 6.22. The predicted molar refractivity (Wildman–Crippen MR) is 57.2 cm³/mol. The van der Waals surface area contributed by atoms with E-state index in [4.69, 9.17) is 28.9 Å². The first-order valence-electron chi connectivity index (χ1n) is 4.08. The second-order valence-corrected chi connectivity index (χ2v) is 3.62. The lowest BCUT2D eigenvalue weighted by atomic mass is 10.2. The summed E-state index contributed by atoms with van der Waals surface area (Å²) in [6, 6.07) is 5.49. The standard InChI is InChI=1S/C9H12Cl2N2/c10-8-3-7(4-9(11)5-8)6-13-2-1-12/h3-5,13H,1-2,6,12H2. The molecule has 72 valence electrons. The third-order valence-corrected chi connectivity index (χ3v) is 2.01. The van der Waals surface area contributed by atoms with Crippen molar-refractivity contribution in [3.63, 3.8) is 0 Å². The largest absolute Gasteiger partial charge is 0.329 e. The van der Waals surface area contributed by atoms with Gasteiger partial charge in [-0.15, -0.1) is 0 Å². The zero-order chi connectivity index (χ0) is 9.68. The molecule has 0 unspecified atom stereocenters. The molecular weight excluding hydrogens is 207 g/mol. The van der Waals surface area contributed by atoms with Crippen LogP contribution < -0.4 is 11.1 Å². The Morgan fingerprint density at radius 2 is 1.77 bits per heavy atom. The van der Waals surface area contributed by atoms with Crippen LogP contribution in [0.1, 0.15) is 5.56 Å². The molecule has 0 atom stereocenters. The average molecular weight is 219 g/mol. The Hall–Kier alpha value is -0.280. The molecule has 1 aromatic rings. The van der Waals surface area contributed by atoms with Crippen molar-refractivity contribution in [1.82, 2.24) is 5.32 Å². The molecule has 3 N–H and O–H groups in total. The quantitative estimate of drug-likeness (QED) is 0.760. The van der Waals surface area contributed by atoms with E-state index in [1.807, 2.05) is 12.1 Å². The van der Waals surface area contributed by atoms with Crippen molar-refractivity contribution in [2.24, 2.45) is 5.73 Å². The van der Waals surface area contributed by atoms with E-state index in [2.05, 4.69) is 5.32 Å². The fourth-order valence-electron chi connectivity index (χ4n) is 1.05. The van der Waals surface area contributed by atoms with Gasteiger partial charge in [0.2, 0.25) is 0 Å². The molecule has 0 bridgehead atoms.